The van der Waals surface area contributed by atoms with Crippen molar-refractivity contribution < 1.29 is 19.4 Å². The van der Waals surface area contributed by atoms with E-state index >= 15 is 0 Å². The highest BCUT2D eigenvalue weighted by atomic mass is 16.7. The lowest BCUT2D eigenvalue weighted by molar-refractivity contribution is 0.102. The van der Waals surface area contributed by atoms with Crippen LogP contribution in [0.25, 0.3) is 11.1 Å². The normalized spacial score (nSPS) is 12.0. The Balaban J connectivity index is 1.65. The SMILES string of the molecule is O=C(Nc1ccccc1)c1cc(O)cc(-c2ccc3c(c2)OCO3)c1. The Morgan fingerprint density at radius 3 is 2.52 bits per heavy atom. The van der Waals surface area contributed by atoms with Crippen molar-refractivity contribution in [2.75, 3.05) is 12.1 Å². The third-order valence-electron chi connectivity index (χ3n) is 3.92. The minimum atomic E-state index is -0.288. The first-order valence-electron chi connectivity index (χ1n) is 7.79. The number of hydrogen-bond donors (Lipinski definition) is 2. The van der Waals surface area contributed by atoms with Gasteiger partial charge in [-0.15, -0.1) is 0 Å². The average Bonchev–Trinajstić information content (AvgIpc) is 3.09. The summed E-state index contributed by atoms with van der Waals surface area (Å²) in [6.45, 7) is 0.198. The monoisotopic (exact) mass is 333 g/mol. The van der Waals surface area contributed by atoms with Crippen molar-refractivity contribution in [2.24, 2.45) is 0 Å². The predicted molar refractivity (Wildman–Crippen MR) is 94.1 cm³/mol. The summed E-state index contributed by atoms with van der Waals surface area (Å²) in [5.41, 5.74) is 2.61. The van der Waals surface area contributed by atoms with Gasteiger partial charge in [-0.2, -0.15) is 0 Å². The zero-order valence-electron chi connectivity index (χ0n) is 13.2. The molecule has 1 aliphatic heterocycles. The summed E-state index contributed by atoms with van der Waals surface area (Å²) < 4.78 is 10.7. The first kappa shape index (κ1) is 15.1. The molecule has 3 aromatic rings. The number of para-hydroxylation sites is 1. The number of anilines is 1. The molecule has 0 unspecified atom stereocenters. The van der Waals surface area contributed by atoms with Crippen LogP contribution in [0.1, 0.15) is 10.4 Å². The molecular weight excluding hydrogens is 318 g/mol. The summed E-state index contributed by atoms with van der Waals surface area (Å²) in [5, 5.41) is 12.8. The van der Waals surface area contributed by atoms with Gasteiger partial charge in [0.1, 0.15) is 5.75 Å². The molecule has 4 rings (SSSR count). The molecule has 1 aliphatic rings. The molecule has 0 radical (unpaired) electrons. The average molecular weight is 333 g/mol. The van der Waals surface area contributed by atoms with Gasteiger partial charge in [0.25, 0.3) is 5.91 Å². The molecule has 3 aromatic carbocycles. The van der Waals surface area contributed by atoms with E-state index in [1.165, 1.54) is 6.07 Å². The van der Waals surface area contributed by atoms with E-state index in [0.29, 0.717) is 22.7 Å². The number of aromatic hydroxyl groups is 1. The second kappa shape index (κ2) is 6.20. The van der Waals surface area contributed by atoms with E-state index < -0.39 is 0 Å². The molecule has 0 aliphatic carbocycles. The number of phenols is 1. The second-order valence-corrected chi connectivity index (χ2v) is 5.66. The lowest BCUT2D eigenvalue weighted by Crippen LogP contribution is -2.11. The smallest absolute Gasteiger partial charge is 0.255 e. The fraction of sp³-hybridized carbons (Fsp3) is 0.0500. The Bertz CT molecular complexity index is 938. The Morgan fingerprint density at radius 2 is 1.68 bits per heavy atom. The summed E-state index contributed by atoms with van der Waals surface area (Å²) in [6.07, 6.45) is 0. The number of phenolic OH excluding ortho intramolecular Hbond substituents is 1. The number of amides is 1. The van der Waals surface area contributed by atoms with Crippen molar-refractivity contribution in [3.8, 4) is 28.4 Å². The van der Waals surface area contributed by atoms with Crippen molar-refractivity contribution in [2.45, 2.75) is 0 Å². The summed E-state index contributed by atoms with van der Waals surface area (Å²) in [6, 6.07) is 19.5. The topological polar surface area (TPSA) is 67.8 Å². The molecule has 5 heteroatoms. The van der Waals surface area contributed by atoms with Crippen LogP contribution in [0.4, 0.5) is 5.69 Å². The summed E-state index contributed by atoms with van der Waals surface area (Å²) >= 11 is 0. The maximum Gasteiger partial charge on any atom is 0.255 e. The van der Waals surface area contributed by atoms with Gasteiger partial charge in [0.15, 0.2) is 11.5 Å². The third-order valence-corrected chi connectivity index (χ3v) is 3.92. The quantitative estimate of drug-likeness (QED) is 0.759. The number of carbonyl (C=O) groups excluding carboxylic acids is 1. The van der Waals surface area contributed by atoms with E-state index in [4.69, 9.17) is 9.47 Å². The summed E-state index contributed by atoms with van der Waals surface area (Å²) in [7, 11) is 0. The Kier molecular flexibility index (Phi) is 3.74. The first-order valence-corrected chi connectivity index (χ1v) is 7.79. The molecule has 124 valence electrons. The van der Waals surface area contributed by atoms with Crippen molar-refractivity contribution in [1.82, 2.24) is 0 Å². The standard InChI is InChI=1S/C20H15NO4/c22-17-9-14(13-6-7-18-19(11-13)25-12-24-18)8-15(10-17)20(23)21-16-4-2-1-3-5-16/h1-11,22H,12H2,(H,21,23). The van der Waals surface area contributed by atoms with Gasteiger partial charge in [-0.25, -0.2) is 0 Å². The van der Waals surface area contributed by atoms with Crippen LogP contribution in [0, 0.1) is 0 Å². The largest absolute Gasteiger partial charge is 0.508 e. The van der Waals surface area contributed by atoms with Crippen LogP contribution in [-0.4, -0.2) is 17.8 Å². The van der Waals surface area contributed by atoms with Gasteiger partial charge in [-0.3, -0.25) is 4.79 Å². The van der Waals surface area contributed by atoms with Crippen LogP contribution < -0.4 is 14.8 Å². The molecule has 5 nitrogen and oxygen atoms in total. The Morgan fingerprint density at radius 1 is 0.880 bits per heavy atom. The number of ether oxygens (including phenoxy) is 2. The van der Waals surface area contributed by atoms with Crippen molar-refractivity contribution in [3.05, 3.63) is 72.3 Å². The van der Waals surface area contributed by atoms with Crippen molar-refractivity contribution in [3.63, 3.8) is 0 Å². The fourth-order valence-corrected chi connectivity index (χ4v) is 2.71. The molecule has 0 spiro atoms. The van der Waals surface area contributed by atoms with Gasteiger partial charge in [0.2, 0.25) is 6.79 Å². The van der Waals surface area contributed by atoms with E-state index in [1.807, 2.05) is 36.4 Å². The number of carbonyl (C=O) groups is 1. The fourth-order valence-electron chi connectivity index (χ4n) is 2.71. The first-order chi connectivity index (χ1) is 12.2. The number of benzene rings is 3. The minimum absolute atomic E-state index is 0.0216. The molecule has 0 bridgehead atoms. The van der Waals surface area contributed by atoms with Gasteiger partial charge in [0, 0.05) is 11.3 Å². The Hall–Kier alpha value is -3.47. The molecular formula is C20H15NO4. The number of fused-ring (bicyclic) bond motifs is 1. The maximum atomic E-state index is 12.5. The molecule has 25 heavy (non-hydrogen) atoms. The zero-order chi connectivity index (χ0) is 17.2. The van der Waals surface area contributed by atoms with Crippen LogP contribution in [0.3, 0.4) is 0 Å². The number of rotatable bonds is 3. The van der Waals surface area contributed by atoms with Crippen LogP contribution >= 0.6 is 0 Å². The highest BCUT2D eigenvalue weighted by molar-refractivity contribution is 6.05. The minimum Gasteiger partial charge on any atom is -0.508 e. The van der Waals surface area contributed by atoms with Crippen molar-refractivity contribution >= 4 is 11.6 Å². The molecule has 1 amide bonds. The van der Waals surface area contributed by atoms with Gasteiger partial charge in [0.05, 0.1) is 0 Å². The van der Waals surface area contributed by atoms with Crippen molar-refractivity contribution in [1.29, 1.82) is 0 Å². The third kappa shape index (κ3) is 3.12. The highest BCUT2D eigenvalue weighted by Crippen LogP contribution is 2.36. The van der Waals surface area contributed by atoms with Gasteiger partial charge >= 0.3 is 0 Å². The predicted octanol–water partition coefficient (Wildman–Crippen LogP) is 4.04. The van der Waals surface area contributed by atoms with Crippen LogP contribution in [0.5, 0.6) is 17.2 Å². The molecule has 0 saturated heterocycles. The van der Waals surface area contributed by atoms with E-state index in [9.17, 15) is 9.90 Å². The van der Waals surface area contributed by atoms with E-state index in [0.717, 1.165) is 11.1 Å². The van der Waals surface area contributed by atoms with Gasteiger partial charge in [-0.05, 0) is 53.6 Å². The number of nitrogens with one attached hydrogen (secondary N) is 1. The molecule has 0 saturated carbocycles. The molecule has 0 atom stereocenters. The van der Waals surface area contributed by atoms with Crippen LogP contribution in [0.2, 0.25) is 0 Å². The molecule has 1 heterocycles. The molecule has 2 N–H and O–H groups in total. The lowest BCUT2D eigenvalue weighted by Gasteiger charge is -2.09. The van der Waals surface area contributed by atoms with Crippen LogP contribution in [-0.2, 0) is 0 Å². The maximum absolute atomic E-state index is 12.5. The summed E-state index contributed by atoms with van der Waals surface area (Å²) in [4.78, 5) is 12.5. The van der Waals surface area contributed by atoms with Crippen LogP contribution in [0.15, 0.2) is 66.7 Å². The number of hydrogen-bond acceptors (Lipinski definition) is 4. The molecule has 0 fully saturated rings. The van der Waals surface area contributed by atoms with E-state index in [2.05, 4.69) is 5.32 Å². The lowest BCUT2D eigenvalue weighted by atomic mass is 10.0. The second-order valence-electron chi connectivity index (χ2n) is 5.66. The summed E-state index contributed by atoms with van der Waals surface area (Å²) in [5.74, 6) is 1.07. The van der Waals surface area contributed by atoms with Gasteiger partial charge < -0.3 is 19.9 Å². The highest BCUT2D eigenvalue weighted by Gasteiger charge is 2.15. The zero-order valence-corrected chi connectivity index (χ0v) is 13.2. The van der Waals surface area contributed by atoms with E-state index in [-0.39, 0.29) is 18.4 Å². The van der Waals surface area contributed by atoms with Gasteiger partial charge in [-0.1, -0.05) is 24.3 Å². The van der Waals surface area contributed by atoms with E-state index in [1.54, 1.807) is 24.3 Å². The Labute approximate surface area is 144 Å². The molecule has 0 aromatic heterocycles.